The molecule has 0 spiro atoms. The highest BCUT2D eigenvalue weighted by atomic mass is 79.9. The molecule has 90 valence electrons. The van der Waals surface area contributed by atoms with Gasteiger partial charge in [0.15, 0.2) is 0 Å². The third-order valence-corrected chi connectivity index (χ3v) is 3.38. The van der Waals surface area contributed by atoms with Crippen molar-refractivity contribution in [2.75, 3.05) is 5.32 Å². The van der Waals surface area contributed by atoms with Crippen molar-refractivity contribution < 1.29 is 0 Å². The zero-order valence-corrected chi connectivity index (χ0v) is 12.2. The van der Waals surface area contributed by atoms with Gasteiger partial charge in [-0.3, -0.25) is 0 Å². The fraction of sp³-hybridized carbons (Fsp3) is 0.538. The van der Waals surface area contributed by atoms with Crippen LogP contribution in [0.15, 0.2) is 22.7 Å². The molecule has 3 heteroatoms. The number of nitrogens with one attached hydrogen (secondary N) is 1. The fourth-order valence-corrected chi connectivity index (χ4v) is 2.37. The Kier molecular flexibility index (Phi) is 6.22. The number of halogens is 2. The lowest BCUT2D eigenvalue weighted by molar-refractivity contribution is 0.615. The quantitative estimate of drug-likeness (QED) is 0.686. The lowest BCUT2D eigenvalue weighted by atomic mass is 10.1. The first-order chi connectivity index (χ1) is 7.63. The van der Waals surface area contributed by atoms with Crippen LogP contribution in [-0.4, -0.2) is 6.04 Å². The Morgan fingerprint density at radius 2 is 2.12 bits per heavy atom. The maximum atomic E-state index is 6.14. The summed E-state index contributed by atoms with van der Waals surface area (Å²) in [7, 11) is 0. The van der Waals surface area contributed by atoms with Gasteiger partial charge in [0.25, 0.3) is 0 Å². The highest BCUT2D eigenvalue weighted by molar-refractivity contribution is 9.10. The van der Waals surface area contributed by atoms with E-state index in [1.807, 2.05) is 18.2 Å². The molecule has 0 saturated heterocycles. The van der Waals surface area contributed by atoms with E-state index in [-0.39, 0.29) is 0 Å². The number of hydrogen-bond acceptors (Lipinski definition) is 1. The third kappa shape index (κ3) is 4.75. The van der Waals surface area contributed by atoms with Gasteiger partial charge in [-0.2, -0.15) is 0 Å². The third-order valence-electron chi connectivity index (χ3n) is 2.57. The molecule has 1 unspecified atom stereocenters. The maximum Gasteiger partial charge on any atom is 0.0648 e. The predicted octanol–water partition coefficient (Wildman–Crippen LogP) is 5.48. The van der Waals surface area contributed by atoms with Crippen LogP contribution in [0.3, 0.4) is 0 Å². The van der Waals surface area contributed by atoms with Crippen molar-refractivity contribution in [1.29, 1.82) is 0 Å². The summed E-state index contributed by atoms with van der Waals surface area (Å²) in [6.45, 7) is 4.43. The van der Waals surface area contributed by atoms with Gasteiger partial charge in [-0.15, -0.1) is 0 Å². The molecule has 1 aromatic carbocycles. The predicted molar refractivity (Wildman–Crippen MR) is 76.4 cm³/mol. The largest absolute Gasteiger partial charge is 0.381 e. The van der Waals surface area contributed by atoms with Gasteiger partial charge in [0.2, 0.25) is 0 Å². The fourth-order valence-electron chi connectivity index (χ4n) is 1.64. The first kappa shape index (κ1) is 13.9. The van der Waals surface area contributed by atoms with E-state index in [1.54, 1.807) is 0 Å². The van der Waals surface area contributed by atoms with E-state index in [1.165, 1.54) is 25.7 Å². The molecule has 0 aliphatic carbocycles. The second-order valence-corrected chi connectivity index (χ2v) is 5.49. The normalized spacial score (nSPS) is 12.5. The minimum Gasteiger partial charge on any atom is -0.381 e. The number of benzene rings is 1. The molecule has 1 N–H and O–H groups in total. The zero-order valence-electron chi connectivity index (χ0n) is 9.89. The second kappa shape index (κ2) is 7.18. The minimum atomic E-state index is 0.477. The molecule has 0 radical (unpaired) electrons. The van der Waals surface area contributed by atoms with Gasteiger partial charge in [-0.25, -0.2) is 0 Å². The van der Waals surface area contributed by atoms with E-state index >= 15 is 0 Å². The van der Waals surface area contributed by atoms with Crippen LogP contribution in [-0.2, 0) is 0 Å². The number of rotatable bonds is 6. The van der Waals surface area contributed by atoms with Gasteiger partial charge in [-0.05, 0) is 31.5 Å². The summed E-state index contributed by atoms with van der Waals surface area (Å²) < 4.78 is 1.02. The molecule has 1 nitrogen and oxygen atoms in total. The van der Waals surface area contributed by atoms with E-state index in [4.69, 9.17) is 11.6 Å². The van der Waals surface area contributed by atoms with Gasteiger partial charge < -0.3 is 5.32 Å². The van der Waals surface area contributed by atoms with E-state index in [9.17, 15) is 0 Å². The van der Waals surface area contributed by atoms with Crippen molar-refractivity contribution >= 4 is 33.2 Å². The van der Waals surface area contributed by atoms with Crippen molar-refractivity contribution in [1.82, 2.24) is 0 Å². The molecule has 0 saturated carbocycles. The molecule has 0 fully saturated rings. The summed E-state index contributed by atoms with van der Waals surface area (Å²) in [6, 6.07) is 6.42. The molecule has 0 aromatic heterocycles. The first-order valence-electron chi connectivity index (χ1n) is 5.85. The Hall–Kier alpha value is -0.210. The summed E-state index contributed by atoms with van der Waals surface area (Å²) in [5, 5.41) is 4.22. The van der Waals surface area contributed by atoms with E-state index in [2.05, 4.69) is 35.1 Å². The van der Waals surface area contributed by atoms with E-state index in [0.29, 0.717) is 6.04 Å². The van der Waals surface area contributed by atoms with Crippen LogP contribution < -0.4 is 5.32 Å². The summed E-state index contributed by atoms with van der Waals surface area (Å²) in [4.78, 5) is 0. The summed E-state index contributed by atoms with van der Waals surface area (Å²) in [5.41, 5.74) is 1.02. The van der Waals surface area contributed by atoms with Crippen molar-refractivity contribution in [3.05, 3.63) is 27.7 Å². The topological polar surface area (TPSA) is 12.0 Å². The molecular formula is C13H19BrClN. The van der Waals surface area contributed by atoms with Crippen LogP contribution >= 0.6 is 27.5 Å². The molecule has 0 heterocycles. The smallest absolute Gasteiger partial charge is 0.0648 e. The molecule has 0 aliphatic heterocycles. The van der Waals surface area contributed by atoms with Crippen molar-refractivity contribution in [3.8, 4) is 0 Å². The highest BCUT2D eigenvalue weighted by Crippen LogP contribution is 2.26. The average Bonchev–Trinajstić information content (AvgIpc) is 2.23. The summed E-state index contributed by atoms with van der Waals surface area (Å²) in [5.74, 6) is 0. The van der Waals surface area contributed by atoms with Gasteiger partial charge in [0, 0.05) is 10.5 Å². The Morgan fingerprint density at radius 1 is 1.38 bits per heavy atom. The summed E-state index contributed by atoms with van der Waals surface area (Å²) in [6.07, 6.45) is 5.05. The molecule has 1 rings (SSSR count). The van der Waals surface area contributed by atoms with Gasteiger partial charge in [0.05, 0.1) is 10.7 Å². The molecule has 1 aromatic rings. The van der Waals surface area contributed by atoms with Crippen molar-refractivity contribution in [2.24, 2.45) is 0 Å². The van der Waals surface area contributed by atoms with Crippen molar-refractivity contribution in [2.45, 2.75) is 45.6 Å². The molecule has 0 amide bonds. The van der Waals surface area contributed by atoms with Gasteiger partial charge >= 0.3 is 0 Å². The van der Waals surface area contributed by atoms with Crippen LogP contribution in [0.1, 0.15) is 39.5 Å². The molecular weight excluding hydrogens is 286 g/mol. The van der Waals surface area contributed by atoms with Crippen molar-refractivity contribution in [3.63, 3.8) is 0 Å². The number of hydrogen-bond donors (Lipinski definition) is 1. The standard InChI is InChI=1S/C13H19BrClN/c1-3-4-5-6-10(2)16-13-8-7-11(14)9-12(13)15/h7-10,16H,3-6H2,1-2H3. The van der Waals surface area contributed by atoms with Crippen LogP contribution in [0.5, 0.6) is 0 Å². The Morgan fingerprint density at radius 3 is 2.75 bits per heavy atom. The number of unbranched alkanes of at least 4 members (excludes halogenated alkanes) is 2. The molecule has 16 heavy (non-hydrogen) atoms. The SMILES string of the molecule is CCCCCC(C)Nc1ccc(Br)cc1Cl. The van der Waals surface area contributed by atoms with Gasteiger partial charge in [0.1, 0.15) is 0 Å². The Labute approximate surface area is 112 Å². The number of anilines is 1. The van der Waals surface area contributed by atoms with Crippen LogP contribution in [0.25, 0.3) is 0 Å². The Balaban J connectivity index is 2.46. The van der Waals surface area contributed by atoms with Crippen LogP contribution in [0, 0.1) is 0 Å². The van der Waals surface area contributed by atoms with E-state index in [0.717, 1.165) is 15.2 Å². The minimum absolute atomic E-state index is 0.477. The van der Waals surface area contributed by atoms with Crippen LogP contribution in [0.2, 0.25) is 5.02 Å². The monoisotopic (exact) mass is 303 g/mol. The molecule has 0 aliphatic rings. The summed E-state index contributed by atoms with van der Waals surface area (Å²) >= 11 is 9.54. The highest BCUT2D eigenvalue weighted by Gasteiger charge is 2.05. The first-order valence-corrected chi connectivity index (χ1v) is 7.02. The lowest BCUT2D eigenvalue weighted by Gasteiger charge is -2.16. The maximum absolute atomic E-state index is 6.14. The lowest BCUT2D eigenvalue weighted by Crippen LogP contribution is -2.15. The zero-order chi connectivity index (χ0) is 12.0. The van der Waals surface area contributed by atoms with Crippen LogP contribution in [0.4, 0.5) is 5.69 Å². The second-order valence-electron chi connectivity index (χ2n) is 4.17. The molecule has 1 atom stereocenters. The average molecular weight is 305 g/mol. The van der Waals surface area contributed by atoms with E-state index < -0.39 is 0 Å². The molecule has 0 bridgehead atoms. The van der Waals surface area contributed by atoms with Gasteiger partial charge in [-0.1, -0.05) is 53.7 Å². The Bertz CT molecular complexity index is 328.